The molecule has 0 amide bonds. The maximum atomic E-state index is 8.80. The van der Waals surface area contributed by atoms with Crippen molar-refractivity contribution in [1.82, 2.24) is 0 Å². The highest BCUT2D eigenvalue weighted by atomic mass is 16.2. The zero-order chi connectivity index (χ0) is 9.40. The molecule has 0 saturated carbocycles. The molecule has 68 valence electrons. The first-order chi connectivity index (χ1) is 5.79. The van der Waals surface area contributed by atoms with Gasteiger partial charge in [-0.2, -0.15) is 0 Å². The summed E-state index contributed by atoms with van der Waals surface area (Å²) in [6.07, 6.45) is 7.59. The lowest BCUT2D eigenvalue weighted by molar-refractivity contribution is 0.300. The van der Waals surface area contributed by atoms with E-state index in [2.05, 4.69) is 13.5 Å². The van der Waals surface area contributed by atoms with Crippen LogP contribution in [0.1, 0.15) is 26.7 Å². The van der Waals surface area contributed by atoms with Crippen molar-refractivity contribution in [2.45, 2.75) is 26.7 Å². The van der Waals surface area contributed by atoms with E-state index in [9.17, 15) is 0 Å². The smallest absolute Gasteiger partial charge is 0.0471 e. The standard InChI is InChI=1S/C11H18O/c1-4-7-11(8-9-12)10(5-2)6-3/h4-5,7,12H,2,6,8-9H2,1,3H3/b7-4-,11-10-. The second-order valence-corrected chi connectivity index (χ2v) is 2.58. The minimum Gasteiger partial charge on any atom is -0.396 e. The van der Waals surface area contributed by atoms with Gasteiger partial charge in [0.1, 0.15) is 0 Å². The van der Waals surface area contributed by atoms with Gasteiger partial charge in [0.25, 0.3) is 0 Å². The van der Waals surface area contributed by atoms with E-state index in [-0.39, 0.29) is 6.61 Å². The molecule has 1 N–H and O–H groups in total. The SMILES string of the molecule is C=C/C(CC)=C(\C=C/C)CCO. The van der Waals surface area contributed by atoms with Crippen LogP contribution >= 0.6 is 0 Å². The highest BCUT2D eigenvalue weighted by Gasteiger charge is 1.97. The van der Waals surface area contributed by atoms with Crippen LogP contribution in [0.25, 0.3) is 0 Å². The number of aliphatic hydroxyl groups is 1. The molecule has 0 spiro atoms. The third-order valence-electron chi connectivity index (χ3n) is 1.79. The van der Waals surface area contributed by atoms with Crippen LogP contribution in [0, 0.1) is 0 Å². The minimum absolute atomic E-state index is 0.205. The Hall–Kier alpha value is -0.820. The van der Waals surface area contributed by atoms with E-state index in [0.717, 1.165) is 12.8 Å². The van der Waals surface area contributed by atoms with Crippen LogP contribution in [0.2, 0.25) is 0 Å². The molecule has 0 aliphatic carbocycles. The van der Waals surface area contributed by atoms with Crippen molar-refractivity contribution in [3.8, 4) is 0 Å². The molecule has 0 heterocycles. The number of hydrogen-bond acceptors (Lipinski definition) is 1. The lowest BCUT2D eigenvalue weighted by Gasteiger charge is -2.04. The van der Waals surface area contributed by atoms with Crippen molar-refractivity contribution in [3.05, 3.63) is 36.0 Å². The van der Waals surface area contributed by atoms with Crippen molar-refractivity contribution < 1.29 is 5.11 Å². The van der Waals surface area contributed by atoms with E-state index in [1.165, 1.54) is 11.1 Å². The first kappa shape index (κ1) is 11.2. The van der Waals surface area contributed by atoms with Crippen LogP contribution in [0.15, 0.2) is 36.0 Å². The van der Waals surface area contributed by atoms with Gasteiger partial charge in [0.15, 0.2) is 0 Å². The van der Waals surface area contributed by atoms with Crippen LogP contribution in [-0.4, -0.2) is 11.7 Å². The summed E-state index contributed by atoms with van der Waals surface area (Å²) in [7, 11) is 0. The Morgan fingerprint density at radius 2 is 2.08 bits per heavy atom. The summed E-state index contributed by atoms with van der Waals surface area (Å²) in [4.78, 5) is 0. The van der Waals surface area contributed by atoms with Gasteiger partial charge in [0, 0.05) is 6.61 Å². The number of aliphatic hydroxyl groups excluding tert-OH is 1. The summed E-state index contributed by atoms with van der Waals surface area (Å²) in [6, 6.07) is 0. The first-order valence-electron chi connectivity index (χ1n) is 4.38. The van der Waals surface area contributed by atoms with E-state index in [1.54, 1.807) is 0 Å². The molecule has 0 atom stereocenters. The summed E-state index contributed by atoms with van der Waals surface area (Å²) >= 11 is 0. The zero-order valence-corrected chi connectivity index (χ0v) is 8.01. The van der Waals surface area contributed by atoms with Crippen LogP contribution in [0.3, 0.4) is 0 Å². The van der Waals surface area contributed by atoms with Gasteiger partial charge < -0.3 is 5.11 Å². The number of rotatable bonds is 5. The average Bonchev–Trinajstić information content (AvgIpc) is 2.07. The molecular formula is C11H18O. The maximum absolute atomic E-state index is 8.80. The summed E-state index contributed by atoms with van der Waals surface area (Å²) in [5, 5.41) is 8.80. The van der Waals surface area contributed by atoms with Gasteiger partial charge in [-0.15, -0.1) is 0 Å². The lowest BCUT2D eigenvalue weighted by atomic mass is 10.0. The van der Waals surface area contributed by atoms with E-state index < -0.39 is 0 Å². The fraction of sp³-hybridized carbons (Fsp3) is 0.455. The molecule has 12 heavy (non-hydrogen) atoms. The van der Waals surface area contributed by atoms with Gasteiger partial charge in [-0.25, -0.2) is 0 Å². The summed E-state index contributed by atoms with van der Waals surface area (Å²) in [6.45, 7) is 8.02. The largest absolute Gasteiger partial charge is 0.396 e. The summed E-state index contributed by atoms with van der Waals surface area (Å²) in [5.41, 5.74) is 2.42. The van der Waals surface area contributed by atoms with E-state index >= 15 is 0 Å². The molecule has 0 aliphatic heterocycles. The molecular weight excluding hydrogens is 148 g/mol. The van der Waals surface area contributed by atoms with Crippen LogP contribution in [0.5, 0.6) is 0 Å². The zero-order valence-electron chi connectivity index (χ0n) is 8.01. The van der Waals surface area contributed by atoms with Crippen LogP contribution < -0.4 is 0 Å². The van der Waals surface area contributed by atoms with Gasteiger partial charge in [0.05, 0.1) is 0 Å². The molecule has 0 unspecified atom stereocenters. The summed E-state index contributed by atoms with van der Waals surface area (Å²) < 4.78 is 0. The molecule has 0 rings (SSSR count). The molecule has 0 aromatic heterocycles. The van der Waals surface area contributed by atoms with Crippen molar-refractivity contribution in [1.29, 1.82) is 0 Å². The van der Waals surface area contributed by atoms with Crippen molar-refractivity contribution in [2.75, 3.05) is 6.61 Å². The Bertz CT molecular complexity index is 187. The van der Waals surface area contributed by atoms with E-state index in [1.807, 2.05) is 25.2 Å². The average molecular weight is 166 g/mol. The monoisotopic (exact) mass is 166 g/mol. The maximum Gasteiger partial charge on any atom is 0.0471 e. The highest BCUT2D eigenvalue weighted by molar-refractivity contribution is 5.31. The van der Waals surface area contributed by atoms with Gasteiger partial charge in [-0.3, -0.25) is 0 Å². The number of hydrogen-bond donors (Lipinski definition) is 1. The van der Waals surface area contributed by atoms with Gasteiger partial charge in [-0.05, 0) is 30.9 Å². The second kappa shape index (κ2) is 6.86. The Kier molecular flexibility index (Phi) is 6.39. The molecule has 0 aromatic rings. The van der Waals surface area contributed by atoms with Crippen molar-refractivity contribution in [3.63, 3.8) is 0 Å². The third kappa shape index (κ3) is 3.54. The summed E-state index contributed by atoms with van der Waals surface area (Å²) in [5.74, 6) is 0. The molecule has 0 aliphatic rings. The third-order valence-corrected chi connectivity index (χ3v) is 1.79. The fourth-order valence-corrected chi connectivity index (χ4v) is 1.18. The molecule has 0 bridgehead atoms. The Morgan fingerprint density at radius 3 is 2.42 bits per heavy atom. The lowest BCUT2D eigenvalue weighted by Crippen LogP contribution is -1.90. The fourth-order valence-electron chi connectivity index (χ4n) is 1.18. The quantitative estimate of drug-likeness (QED) is 0.623. The van der Waals surface area contributed by atoms with Gasteiger partial charge in [0.2, 0.25) is 0 Å². The Morgan fingerprint density at radius 1 is 1.42 bits per heavy atom. The van der Waals surface area contributed by atoms with Crippen LogP contribution in [0.4, 0.5) is 0 Å². The Labute approximate surface area is 75.1 Å². The van der Waals surface area contributed by atoms with Gasteiger partial charge >= 0.3 is 0 Å². The van der Waals surface area contributed by atoms with E-state index in [0.29, 0.717) is 0 Å². The first-order valence-corrected chi connectivity index (χ1v) is 4.38. The molecule has 1 heteroatoms. The van der Waals surface area contributed by atoms with E-state index in [4.69, 9.17) is 5.11 Å². The topological polar surface area (TPSA) is 20.2 Å². The number of allylic oxidation sites excluding steroid dienone is 4. The highest BCUT2D eigenvalue weighted by Crippen LogP contribution is 2.14. The Balaban J connectivity index is 4.61. The molecule has 0 fully saturated rings. The predicted molar refractivity (Wildman–Crippen MR) is 54.0 cm³/mol. The van der Waals surface area contributed by atoms with Gasteiger partial charge in [-0.1, -0.05) is 31.7 Å². The normalized spacial score (nSPS) is 13.2. The van der Waals surface area contributed by atoms with Crippen molar-refractivity contribution in [2.24, 2.45) is 0 Å². The van der Waals surface area contributed by atoms with Crippen LogP contribution in [-0.2, 0) is 0 Å². The molecule has 0 saturated heterocycles. The van der Waals surface area contributed by atoms with Crippen molar-refractivity contribution >= 4 is 0 Å². The molecule has 0 aromatic carbocycles. The molecule has 0 radical (unpaired) electrons. The predicted octanol–water partition coefficient (Wildman–Crippen LogP) is 2.84. The minimum atomic E-state index is 0.205. The molecule has 1 nitrogen and oxygen atoms in total. The second-order valence-electron chi connectivity index (χ2n) is 2.58.